The number of hydrogen-bond acceptors (Lipinski definition) is 3. The molecule has 1 aromatic heterocycles. The second-order valence-corrected chi connectivity index (χ2v) is 5.39. The highest BCUT2D eigenvalue weighted by atomic mass is 15.2. The third-order valence-electron chi connectivity index (χ3n) is 3.73. The van der Waals surface area contributed by atoms with Gasteiger partial charge in [0, 0.05) is 24.3 Å². The maximum atomic E-state index is 4.58. The molecule has 0 aromatic carbocycles. The van der Waals surface area contributed by atoms with E-state index < -0.39 is 0 Å². The van der Waals surface area contributed by atoms with E-state index in [0.717, 1.165) is 30.9 Å². The highest BCUT2D eigenvalue weighted by Crippen LogP contribution is 2.10. The molecule has 0 radical (unpaired) electrons. The van der Waals surface area contributed by atoms with Gasteiger partial charge in [-0.1, -0.05) is 19.9 Å². The minimum atomic E-state index is 0.513. The highest BCUT2D eigenvalue weighted by Gasteiger charge is 2.19. The summed E-state index contributed by atoms with van der Waals surface area (Å²) in [6, 6.07) is 7.30. The first kappa shape index (κ1) is 16.1. The lowest BCUT2D eigenvalue weighted by molar-refractivity contribution is 0.193. The van der Waals surface area contributed by atoms with Crippen LogP contribution in [0.5, 0.6) is 0 Å². The molecule has 3 heteroatoms. The summed E-state index contributed by atoms with van der Waals surface area (Å²) < 4.78 is 0. The molecule has 19 heavy (non-hydrogen) atoms. The van der Waals surface area contributed by atoms with Crippen LogP contribution in [-0.4, -0.2) is 35.6 Å². The fourth-order valence-electron chi connectivity index (χ4n) is 2.38. The van der Waals surface area contributed by atoms with Crippen molar-refractivity contribution in [1.29, 1.82) is 0 Å². The first-order valence-electron chi connectivity index (χ1n) is 7.44. The number of nitrogens with zero attached hydrogens (tertiary/aromatic N) is 2. The van der Waals surface area contributed by atoms with E-state index in [4.69, 9.17) is 0 Å². The van der Waals surface area contributed by atoms with Gasteiger partial charge in [-0.2, -0.15) is 0 Å². The topological polar surface area (TPSA) is 28.2 Å². The molecule has 0 fully saturated rings. The number of hydrogen-bond donors (Lipinski definition) is 1. The second-order valence-electron chi connectivity index (χ2n) is 5.39. The second kappa shape index (κ2) is 8.28. The molecule has 0 aliphatic carbocycles. The van der Waals surface area contributed by atoms with Crippen molar-refractivity contribution in [2.45, 2.75) is 59.2 Å². The average Bonchev–Trinajstić information content (AvgIpc) is 2.39. The first-order chi connectivity index (χ1) is 9.08. The zero-order valence-corrected chi connectivity index (χ0v) is 13.1. The summed E-state index contributed by atoms with van der Waals surface area (Å²) in [6.07, 6.45) is 2.35. The number of aromatic nitrogens is 1. The standard InChI is InChI=1S/C16H29N3/c1-6-11-17-16(7-2)14(4)19(5)12-15-10-8-9-13(3)18-15/h8-10,14,16-17H,6-7,11-12H2,1-5H3. The van der Waals surface area contributed by atoms with Crippen molar-refractivity contribution < 1.29 is 0 Å². The summed E-state index contributed by atoms with van der Waals surface area (Å²) in [5, 5.41) is 3.63. The van der Waals surface area contributed by atoms with Crippen LogP contribution in [0.2, 0.25) is 0 Å². The third kappa shape index (κ3) is 5.29. The van der Waals surface area contributed by atoms with Crippen molar-refractivity contribution in [2.75, 3.05) is 13.6 Å². The molecular formula is C16H29N3. The van der Waals surface area contributed by atoms with Crippen molar-refractivity contribution in [3.8, 4) is 0 Å². The Hall–Kier alpha value is -0.930. The van der Waals surface area contributed by atoms with Gasteiger partial charge in [-0.25, -0.2) is 0 Å². The average molecular weight is 263 g/mol. The monoisotopic (exact) mass is 263 g/mol. The summed E-state index contributed by atoms with van der Waals surface area (Å²) in [5.41, 5.74) is 2.24. The van der Waals surface area contributed by atoms with Gasteiger partial charge in [0.15, 0.2) is 0 Å². The zero-order chi connectivity index (χ0) is 14.3. The largest absolute Gasteiger partial charge is 0.312 e. The van der Waals surface area contributed by atoms with E-state index in [1.807, 2.05) is 13.0 Å². The van der Waals surface area contributed by atoms with Crippen LogP contribution in [-0.2, 0) is 6.54 Å². The van der Waals surface area contributed by atoms with Gasteiger partial charge in [-0.15, -0.1) is 0 Å². The highest BCUT2D eigenvalue weighted by molar-refractivity contribution is 5.09. The van der Waals surface area contributed by atoms with Crippen LogP contribution in [0.3, 0.4) is 0 Å². The van der Waals surface area contributed by atoms with Gasteiger partial charge in [0.25, 0.3) is 0 Å². The van der Waals surface area contributed by atoms with E-state index in [2.05, 4.69) is 55.2 Å². The van der Waals surface area contributed by atoms with Crippen molar-refractivity contribution in [3.05, 3.63) is 29.6 Å². The number of pyridine rings is 1. The zero-order valence-electron chi connectivity index (χ0n) is 13.1. The van der Waals surface area contributed by atoms with E-state index in [9.17, 15) is 0 Å². The Morgan fingerprint density at radius 1 is 1.32 bits per heavy atom. The summed E-state index contributed by atoms with van der Waals surface area (Å²) in [4.78, 5) is 6.97. The molecule has 0 aliphatic rings. The molecule has 0 aliphatic heterocycles. The Bertz CT molecular complexity index is 365. The molecule has 0 bridgehead atoms. The number of nitrogens with one attached hydrogen (secondary N) is 1. The van der Waals surface area contributed by atoms with E-state index in [1.165, 1.54) is 6.42 Å². The van der Waals surface area contributed by atoms with Gasteiger partial charge in [-0.05, 0) is 52.4 Å². The molecule has 1 heterocycles. The predicted octanol–water partition coefficient (Wildman–Crippen LogP) is 2.99. The van der Waals surface area contributed by atoms with Gasteiger partial charge in [0.2, 0.25) is 0 Å². The van der Waals surface area contributed by atoms with E-state index >= 15 is 0 Å². The quantitative estimate of drug-likeness (QED) is 0.781. The van der Waals surface area contributed by atoms with Crippen molar-refractivity contribution in [2.24, 2.45) is 0 Å². The maximum absolute atomic E-state index is 4.58. The number of likely N-dealkylation sites (N-methyl/N-ethyl adjacent to an activating group) is 1. The Morgan fingerprint density at radius 2 is 2.05 bits per heavy atom. The summed E-state index contributed by atoms with van der Waals surface area (Å²) in [5.74, 6) is 0. The minimum absolute atomic E-state index is 0.513. The SMILES string of the molecule is CCCNC(CC)C(C)N(C)Cc1cccc(C)n1. The Labute approximate surface area is 118 Å². The lowest BCUT2D eigenvalue weighted by Crippen LogP contribution is -2.46. The molecule has 108 valence electrons. The van der Waals surface area contributed by atoms with Crippen LogP contribution in [0.25, 0.3) is 0 Å². The van der Waals surface area contributed by atoms with Crippen molar-refractivity contribution >= 4 is 0 Å². The molecule has 0 saturated carbocycles. The van der Waals surface area contributed by atoms with E-state index in [-0.39, 0.29) is 0 Å². The normalized spacial score (nSPS) is 14.6. The molecule has 2 atom stereocenters. The van der Waals surface area contributed by atoms with Gasteiger partial charge in [-0.3, -0.25) is 9.88 Å². The minimum Gasteiger partial charge on any atom is -0.312 e. The summed E-state index contributed by atoms with van der Waals surface area (Å²) in [6.45, 7) is 10.8. The first-order valence-corrected chi connectivity index (χ1v) is 7.44. The molecule has 0 amide bonds. The van der Waals surface area contributed by atoms with E-state index in [1.54, 1.807) is 0 Å². The molecular weight excluding hydrogens is 234 g/mol. The van der Waals surface area contributed by atoms with Gasteiger partial charge in [0.05, 0.1) is 5.69 Å². The van der Waals surface area contributed by atoms with Crippen LogP contribution < -0.4 is 5.32 Å². The smallest absolute Gasteiger partial charge is 0.0547 e. The molecule has 0 spiro atoms. The van der Waals surface area contributed by atoms with Crippen LogP contribution >= 0.6 is 0 Å². The van der Waals surface area contributed by atoms with Crippen molar-refractivity contribution in [3.63, 3.8) is 0 Å². The summed E-state index contributed by atoms with van der Waals surface area (Å²) >= 11 is 0. The maximum Gasteiger partial charge on any atom is 0.0547 e. The Morgan fingerprint density at radius 3 is 2.63 bits per heavy atom. The molecule has 1 N–H and O–H groups in total. The fraction of sp³-hybridized carbons (Fsp3) is 0.688. The molecule has 1 aromatic rings. The van der Waals surface area contributed by atoms with Crippen LogP contribution in [0.1, 0.15) is 45.0 Å². The molecule has 1 rings (SSSR count). The lowest BCUT2D eigenvalue weighted by Gasteiger charge is -2.32. The number of rotatable bonds is 8. The Balaban J connectivity index is 2.57. The van der Waals surface area contributed by atoms with Gasteiger partial charge in [0.1, 0.15) is 0 Å². The van der Waals surface area contributed by atoms with Crippen molar-refractivity contribution in [1.82, 2.24) is 15.2 Å². The van der Waals surface area contributed by atoms with Gasteiger partial charge >= 0.3 is 0 Å². The predicted molar refractivity (Wildman–Crippen MR) is 82.3 cm³/mol. The van der Waals surface area contributed by atoms with Crippen LogP contribution in [0.15, 0.2) is 18.2 Å². The van der Waals surface area contributed by atoms with Crippen LogP contribution in [0, 0.1) is 6.92 Å². The van der Waals surface area contributed by atoms with E-state index in [0.29, 0.717) is 12.1 Å². The Kier molecular flexibility index (Phi) is 7.03. The molecule has 3 nitrogen and oxygen atoms in total. The van der Waals surface area contributed by atoms with Gasteiger partial charge < -0.3 is 5.32 Å². The summed E-state index contributed by atoms with van der Waals surface area (Å²) in [7, 11) is 2.19. The number of aryl methyl sites for hydroxylation is 1. The third-order valence-corrected chi connectivity index (χ3v) is 3.73. The van der Waals surface area contributed by atoms with Crippen LogP contribution in [0.4, 0.5) is 0 Å². The molecule has 0 saturated heterocycles. The fourth-order valence-corrected chi connectivity index (χ4v) is 2.38. The lowest BCUT2D eigenvalue weighted by atomic mass is 10.1. The molecule has 2 unspecified atom stereocenters.